The highest BCUT2D eigenvalue weighted by molar-refractivity contribution is 8.00. The zero-order valence-electron chi connectivity index (χ0n) is 7.46. The highest BCUT2D eigenvalue weighted by Crippen LogP contribution is 2.44. The van der Waals surface area contributed by atoms with Crippen LogP contribution >= 0.6 is 11.8 Å². The first-order chi connectivity index (χ1) is 6.22. The van der Waals surface area contributed by atoms with E-state index in [9.17, 15) is 4.39 Å². The maximum Gasteiger partial charge on any atom is 0.123 e. The number of hydrogen-bond donors (Lipinski definition) is 1. The quantitative estimate of drug-likeness (QED) is 0.749. The summed E-state index contributed by atoms with van der Waals surface area (Å²) in [5.74, 6) is -0.188. The Morgan fingerprint density at radius 1 is 1.54 bits per heavy atom. The molecule has 13 heavy (non-hydrogen) atoms. The molecular formula is C10H12FNS. The lowest BCUT2D eigenvalue weighted by atomic mass is 10.0. The number of rotatable bonds is 1. The van der Waals surface area contributed by atoms with E-state index in [4.69, 9.17) is 5.73 Å². The monoisotopic (exact) mass is 197 g/mol. The summed E-state index contributed by atoms with van der Waals surface area (Å²) < 4.78 is 12.9. The first-order valence-electron chi connectivity index (χ1n) is 4.44. The zero-order chi connectivity index (χ0) is 9.42. The Labute approximate surface area is 81.5 Å². The molecule has 0 saturated carbocycles. The molecule has 1 nitrogen and oxygen atoms in total. The standard InChI is InChI=1S/C10H12FNS/c1-2-8-10(12)7-5-6(11)3-4-9(7)13-8/h3-5,8,10H,2,12H2,1H3. The van der Waals surface area contributed by atoms with Crippen molar-refractivity contribution >= 4 is 11.8 Å². The molecule has 0 radical (unpaired) electrons. The van der Waals surface area contributed by atoms with Crippen LogP contribution in [-0.4, -0.2) is 5.25 Å². The van der Waals surface area contributed by atoms with E-state index in [0.717, 1.165) is 16.9 Å². The maximum absolute atomic E-state index is 12.9. The number of thioether (sulfide) groups is 1. The first kappa shape index (κ1) is 9.03. The van der Waals surface area contributed by atoms with Crippen LogP contribution in [0, 0.1) is 5.82 Å². The van der Waals surface area contributed by atoms with Gasteiger partial charge in [0.15, 0.2) is 0 Å². The van der Waals surface area contributed by atoms with Crippen molar-refractivity contribution in [2.75, 3.05) is 0 Å². The lowest BCUT2D eigenvalue weighted by molar-refractivity contribution is 0.612. The Morgan fingerprint density at radius 3 is 3.00 bits per heavy atom. The average Bonchev–Trinajstić information content (AvgIpc) is 2.44. The maximum atomic E-state index is 12.9. The molecule has 0 bridgehead atoms. The smallest absolute Gasteiger partial charge is 0.123 e. The highest BCUT2D eigenvalue weighted by Gasteiger charge is 2.29. The van der Waals surface area contributed by atoms with Crippen LogP contribution < -0.4 is 5.73 Å². The van der Waals surface area contributed by atoms with E-state index in [1.54, 1.807) is 17.8 Å². The number of fused-ring (bicyclic) bond motifs is 1. The van der Waals surface area contributed by atoms with Crippen molar-refractivity contribution in [2.45, 2.75) is 29.5 Å². The van der Waals surface area contributed by atoms with Crippen molar-refractivity contribution in [1.82, 2.24) is 0 Å². The van der Waals surface area contributed by atoms with Gasteiger partial charge in [0.25, 0.3) is 0 Å². The first-order valence-corrected chi connectivity index (χ1v) is 5.32. The zero-order valence-corrected chi connectivity index (χ0v) is 8.27. The summed E-state index contributed by atoms with van der Waals surface area (Å²) in [6.45, 7) is 2.11. The van der Waals surface area contributed by atoms with Crippen LogP contribution in [0.1, 0.15) is 24.9 Å². The molecule has 0 spiro atoms. The summed E-state index contributed by atoms with van der Waals surface area (Å²) in [4.78, 5) is 1.14. The van der Waals surface area contributed by atoms with Gasteiger partial charge < -0.3 is 5.73 Å². The molecule has 0 fully saturated rings. The number of benzene rings is 1. The lowest BCUT2D eigenvalue weighted by Gasteiger charge is -2.11. The molecule has 1 aliphatic rings. The van der Waals surface area contributed by atoms with Gasteiger partial charge in [-0.25, -0.2) is 4.39 Å². The fourth-order valence-corrected chi connectivity index (χ4v) is 2.92. The third-order valence-electron chi connectivity index (χ3n) is 2.41. The summed E-state index contributed by atoms with van der Waals surface area (Å²) in [5, 5.41) is 0.414. The molecule has 2 unspecified atom stereocenters. The molecule has 1 aromatic rings. The average molecular weight is 197 g/mol. The Kier molecular flexibility index (Phi) is 2.30. The minimum Gasteiger partial charge on any atom is -0.323 e. The molecule has 0 saturated heterocycles. The molecule has 2 rings (SSSR count). The van der Waals surface area contributed by atoms with Crippen molar-refractivity contribution in [3.8, 4) is 0 Å². The minimum atomic E-state index is -0.188. The van der Waals surface area contributed by atoms with Gasteiger partial charge in [-0.1, -0.05) is 6.92 Å². The molecular weight excluding hydrogens is 185 g/mol. The Hall–Kier alpha value is -0.540. The second-order valence-electron chi connectivity index (χ2n) is 3.27. The predicted octanol–water partition coefficient (Wildman–Crippen LogP) is 2.71. The number of nitrogens with two attached hydrogens (primary N) is 1. The molecule has 1 aromatic carbocycles. The summed E-state index contributed by atoms with van der Waals surface area (Å²) in [6, 6.07) is 4.88. The second kappa shape index (κ2) is 3.31. The van der Waals surface area contributed by atoms with Gasteiger partial charge in [0.05, 0.1) is 0 Å². The van der Waals surface area contributed by atoms with Crippen molar-refractivity contribution in [2.24, 2.45) is 5.73 Å². The molecule has 2 N–H and O–H groups in total. The van der Waals surface area contributed by atoms with Crippen LogP contribution in [-0.2, 0) is 0 Å². The Bertz CT molecular complexity index is 327. The summed E-state index contributed by atoms with van der Waals surface area (Å²) in [5.41, 5.74) is 6.95. The van der Waals surface area contributed by atoms with Crippen LogP contribution in [0.2, 0.25) is 0 Å². The Morgan fingerprint density at radius 2 is 2.31 bits per heavy atom. The molecule has 0 aliphatic carbocycles. The van der Waals surface area contributed by atoms with Gasteiger partial charge in [0, 0.05) is 16.2 Å². The molecule has 0 amide bonds. The molecule has 0 aromatic heterocycles. The van der Waals surface area contributed by atoms with Crippen molar-refractivity contribution in [3.05, 3.63) is 29.6 Å². The Balaban J connectivity index is 2.39. The summed E-state index contributed by atoms with van der Waals surface area (Å²) in [6.07, 6.45) is 1.03. The minimum absolute atomic E-state index is 0.000648. The van der Waals surface area contributed by atoms with Gasteiger partial charge >= 0.3 is 0 Å². The third kappa shape index (κ3) is 1.46. The summed E-state index contributed by atoms with van der Waals surface area (Å²) >= 11 is 1.76. The normalized spacial score (nSPS) is 26.1. The highest BCUT2D eigenvalue weighted by atomic mass is 32.2. The van der Waals surface area contributed by atoms with Crippen LogP contribution in [0.5, 0.6) is 0 Å². The van der Waals surface area contributed by atoms with E-state index < -0.39 is 0 Å². The van der Waals surface area contributed by atoms with Crippen molar-refractivity contribution < 1.29 is 4.39 Å². The summed E-state index contributed by atoms with van der Waals surface area (Å²) in [7, 11) is 0. The van der Waals surface area contributed by atoms with E-state index in [1.807, 2.05) is 6.07 Å². The van der Waals surface area contributed by atoms with Crippen LogP contribution in [0.3, 0.4) is 0 Å². The van der Waals surface area contributed by atoms with E-state index in [1.165, 1.54) is 6.07 Å². The molecule has 1 aliphatic heterocycles. The van der Waals surface area contributed by atoms with Crippen molar-refractivity contribution in [1.29, 1.82) is 0 Å². The third-order valence-corrected chi connectivity index (χ3v) is 3.97. The molecule has 70 valence electrons. The van der Waals surface area contributed by atoms with E-state index in [0.29, 0.717) is 5.25 Å². The molecule has 3 heteroatoms. The van der Waals surface area contributed by atoms with Crippen LogP contribution in [0.25, 0.3) is 0 Å². The van der Waals surface area contributed by atoms with Gasteiger partial charge in [-0.2, -0.15) is 0 Å². The van der Waals surface area contributed by atoms with Gasteiger partial charge in [0.2, 0.25) is 0 Å². The van der Waals surface area contributed by atoms with Gasteiger partial charge in [-0.05, 0) is 30.2 Å². The fourth-order valence-electron chi connectivity index (χ4n) is 1.66. The van der Waals surface area contributed by atoms with Gasteiger partial charge in [0.1, 0.15) is 5.82 Å². The lowest BCUT2D eigenvalue weighted by Crippen LogP contribution is -2.18. The number of halogens is 1. The van der Waals surface area contributed by atoms with Crippen LogP contribution in [0.4, 0.5) is 4.39 Å². The van der Waals surface area contributed by atoms with E-state index in [-0.39, 0.29) is 11.9 Å². The topological polar surface area (TPSA) is 26.0 Å². The predicted molar refractivity (Wildman–Crippen MR) is 53.3 cm³/mol. The largest absolute Gasteiger partial charge is 0.323 e. The van der Waals surface area contributed by atoms with E-state index >= 15 is 0 Å². The van der Waals surface area contributed by atoms with Gasteiger partial charge in [-0.3, -0.25) is 0 Å². The van der Waals surface area contributed by atoms with Gasteiger partial charge in [-0.15, -0.1) is 11.8 Å². The fraction of sp³-hybridized carbons (Fsp3) is 0.400. The van der Waals surface area contributed by atoms with Crippen LogP contribution in [0.15, 0.2) is 23.1 Å². The second-order valence-corrected chi connectivity index (χ2v) is 4.55. The SMILES string of the molecule is CCC1Sc2ccc(F)cc2C1N. The number of hydrogen-bond acceptors (Lipinski definition) is 2. The molecule has 1 heterocycles. The molecule has 2 atom stereocenters. The van der Waals surface area contributed by atoms with Crippen molar-refractivity contribution in [3.63, 3.8) is 0 Å². The van der Waals surface area contributed by atoms with E-state index in [2.05, 4.69) is 6.92 Å².